The molecule has 0 radical (unpaired) electrons. The van der Waals surface area contributed by atoms with Crippen LogP contribution in [0.1, 0.15) is 57.8 Å². The van der Waals surface area contributed by atoms with Crippen LogP contribution in [0.5, 0.6) is 0 Å². The average Bonchev–Trinajstić information content (AvgIpc) is 3.46. The standard InChI is InChI=1S/C31H32BrFN6O2/c1-21(28-12-11-24(32)18-29(28)33)39-20-26(35-36-39)19-38-15-13-25(14-16-38)34-30(40)22-7-6-8-23(17-22)31(41)37(2)27-9-4-3-5-10-27/h3-12,17-18,20-21,25H,13-16,19H2,1-2H3,(H,34,40)/t21-/m0/s1. The number of amides is 2. The summed E-state index contributed by atoms with van der Waals surface area (Å²) < 4.78 is 16.8. The Morgan fingerprint density at radius 3 is 2.51 bits per heavy atom. The van der Waals surface area contributed by atoms with Crippen molar-refractivity contribution in [3.8, 4) is 0 Å². The summed E-state index contributed by atoms with van der Waals surface area (Å²) in [6, 6.07) is 21.0. The van der Waals surface area contributed by atoms with Gasteiger partial charge in [-0.25, -0.2) is 9.07 Å². The number of hydrogen-bond acceptors (Lipinski definition) is 5. The maximum absolute atomic E-state index is 14.4. The summed E-state index contributed by atoms with van der Waals surface area (Å²) in [6.07, 6.45) is 3.47. The summed E-state index contributed by atoms with van der Waals surface area (Å²) in [5.41, 5.74) is 3.09. The van der Waals surface area contributed by atoms with Gasteiger partial charge in [0.1, 0.15) is 5.82 Å². The van der Waals surface area contributed by atoms with E-state index in [2.05, 4.69) is 36.5 Å². The molecule has 8 nitrogen and oxygen atoms in total. The van der Waals surface area contributed by atoms with Crippen LogP contribution >= 0.6 is 15.9 Å². The Hall–Kier alpha value is -3.89. The van der Waals surface area contributed by atoms with Gasteiger partial charge in [0.2, 0.25) is 0 Å². The number of aromatic nitrogens is 3. The molecule has 0 aliphatic carbocycles. The molecule has 5 rings (SSSR count). The van der Waals surface area contributed by atoms with Gasteiger partial charge in [-0.15, -0.1) is 5.10 Å². The molecule has 2 heterocycles. The Bertz CT molecular complexity index is 1520. The fourth-order valence-electron chi connectivity index (χ4n) is 5.05. The zero-order valence-corrected chi connectivity index (χ0v) is 24.6. The second-order valence-corrected chi connectivity index (χ2v) is 11.3. The van der Waals surface area contributed by atoms with E-state index in [4.69, 9.17) is 0 Å². The van der Waals surface area contributed by atoms with Crippen LogP contribution in [0.3, 0.4) is 0 Å². The third-order valence-electron chi connectivity index (χ3n) is 7.50. The number of para-hydroxylation sites is 1. The molecule has 0 saturated carbocycles. The minimum absolute atomic E-state index is 0.0428. The first-order valence-electron chi connectivity index (χ1n) is 13.6. The topological polar surface area (TPSA) is 83.4 Å². The normalized spacial score (nSPS) is 14.9. The summed E-state index contributed by atoms with van der Waals surface area (Å²) in [5.74, 6) is -0.643. The van der Waals surface area contributed by atoms with Crippen molar-refractivity contribution < 1.29 is 14.0 Å². The highest BCUT2D eigenvalue weighted by atomic mass is 79.9. The molecule has 2 amide bonds. The van der Waals surface area contributed by atoms with Crippen LogP contribution < -0.4 is 10.2 Å². The molecule has 0 bridgehead atoms. The van der Waals surface area contributed by atoms with Crippen molar-refractivity contribution in [1.29, 1.82) is 0 Å². The SMILES string of the molecule is C[C@@H](c1ccc(Br)cc1F)n1cc(CN2CCC(NC(=O)c3cccc(C(=O)N(C)c4ccccc4)c3)CC2)nn1. The van der Waals surface area contributed by atoms with E-state index in [9.17, 15) is 14.0 Å². The van der Waals surface area contributed by atoms with Gasteiger partial charge in [-0.2, -0.15) is 0 Å². The van der Waals surface area contributed by atoms with E-state index < -0.39 is 0 Å². The van der Waals surface area contributed by atoms with Crippen LogP contribution in [0.15, 0.2) is 83.5 Å². The van der Waals surface area contributed by atoms with Gasteiger partial charge < -0.3 is 10.2 Å². The van der Waals surface area contributed by atoms with E-state index in [1.54, 1.807) is 47.0 Å². The first-order chi connectivity index (χ1) is 19.8. The molecule has 3 aromatic carbocycles. The van der Waals surface area contributed by atoms with Crippen molar-refractivity contribution in [1.82, 2.24) is 25.2 Å². The summed E-state index contributed by atoms with van der Waals surface area (Å²) in [5, 5.41) is 11.7. The highest BCUT2D eigenvalue weighted by Crippen LogP contribution is 2.24. The molecule has 1 atom stereocenters. The average molecular weight is 620 g/mol. The van der Waals surface area contributed by atoms with Crippen LogP contribution in [0, 0.1) is 5.82 Å². The minimum atomic E-state index is -0.286. The largest absolute Gasteiger partial charge is 0.349 e. The first-order valence-corrected chi connectivity index (χ1v) is 14.4. The van der Waals surface area contributed by atoms with Gasteiger partial charge in [0.05, 0.1) is 17.9 Å². The van der Waals surface area contributed by atoms with E-state index in [1.165, 1.54) is 6.07 Å². The predicted molar refractivity (Wildman–Crippen MR) is 159 cm³/mol. The van der Waals surface area contributed by atoms with Crippen molar-refractivity contribution in [2.75, 3.05) is 25.0 Å². The fraction of sp³-hybridized carbons (Fsp3) is 0.290. The van der Waals surface area contributed by atoms with E-state index in [0.29, 0.717) is 27.7 Å². The van der Waals surface area contributed by atoms with Gasteiger partial charge in [0.25, 0.3) is 11.8 Å². The quantitative estimate of drug-likeness (QED) is 0.283. The van der Waals surface area contributed by atoms with Crippen molar-refractivity contribution >= 4 is 33.4 Å². The number of likely N-dealkylation sites (tertiary alicyclic amines) is 1. The Balaban J connectivity index is 1.13. The molecule has 212 valence electrons. The highest BCUT2D eigenvalue weighted by Gasteiger charge is 2.23. The molecule has 0 unspecified atom stereocenters. The van der Waals surface area contributed by atoms with Gasteiger partial charge in [0.15, 0.2) is 0 Å². The molecule has 4 aromatic rings. The molecule has 0 spiro atoms. The number of piperidine rings is 1. The van der Waals surface area contributed by atoms with Gasteiger partial charge >= 0.3 is 0 Å². The number of carbonyl (C=O) groups is 2. The second-order valence-electron chi connectivity index (χ2n) is 10.3. The molecule has 1 N–H and O–H groups in total. The lowest BCUT2D eigenvalue weighted by Crippen LogP contribution is -2.44. The van der Waals surface area contributed by atoms with Crippen molar-refractivity contribution in [2.24, 2.45) is 0 Å². The second kappa shape index (κ2) is 12.7. The van der Waals surface area contributed by atoms with Crippen molar-refractivity contribution in [2.45, 2.75) is 38.4 Å². The number of carbonyl (C=O) groups excluding carboxylic acids is 2. The fourth-order valence-corrected chi connectivity index (χ4v) is 5.38. The number of benzene rings is 3. The van der Waals surface area contributed by atoms with Crippen molar-refractivity contribution in [3.05, 3.63) is 112 Å². The van der Waals surface area contributed by atoms with Crippen LogP contribution in [-0.2, 0) is 6.54 Å². The van der Waals surface area contributed by atoms with E-state index >= 15 is 0 Å². The van der Waals surface area contributed by atoms with E-state index in [-0.39, 0.29) is 29.7 Å². The summed E-state index contributed by atoms with van der Waals surface area (Å²) >= 11 is 3.29. The lowest BCUT2D eigenvalue weighted by atomic mass is 10.0. The molecule has 10 heteroatoms. The van der Waals surface area contributed by atoms with Crippen LogP contribution in [-0.4, -0.2) is 57.9 Å². The zero-order valence-electron chi connectivity index (χ0n) is 23.0. The zero-order chi connectivity index (χ0) is 28.9. The van der Waals surface area contributed by atoms with Crippen LogP contribution in [0.25, 0.3) is 0 Å². The minimum Gasteiger partial charge on any atom is -0.349 e. The number of rotatable bonds is 8. The monoisotopic (exact) mass is 618 g/mol. The molecular formula is C31H32BrFN6O2. The predicted octanol–water partition coefficient (Wildman–Crippen LogP) is 5.46. The number of halogens is 2. The molecule has 41 heavy (non-hydrogen) atoms. The molecule has 1 aliphatic heterocycles. The lowest BCUT2D eigenvalue weighted by molar-refractivity contribution is 0.0908. The lowest BCUT2D eigenvalue weighted by Gasteiger charge is -2.31. The number of anilines is 1. The number of hydrogen-bond donors (Lipinski definition) is 1. The highest BCUT2D eigenvalue weighted by molar-refractivity contribution is 9.10. The third-order valence-corrected chi connectivity index (χ3v) is 7.99. The summed E-state index contributed by atoms with van der Waals surface area (Å²) in [6.45, 7) is 4.13. The molecule has 1 fully saturated rings. The Morgan fingerprint density at radius 2 is 1.78 bits per heavy atom. The Labute approximate surface area is 247 Å². The maximum atomic E-state index is 14.4. The summed E-state index contributed by atoms with van der Waals surface area (Å²) in [7, 11) is 1.72. The van der Waals surface area contributed by atoms with Gasteiger partial charge in [-0.3, -0.25) is 14.5 Å². The maximum Gasteiger partial charge on any atom is 0.258 e. The smallest absolute Gasteiger partial charge is 0.258 e. The number of nitrogens with zero attached hydrogens (tertiary/aromatic N) is 5. The van der Waals surface area contributed by atoms with Crippen LogP contribution in [0.2, 0.25) is 0 Å². The first kappa shape index (κ1) is 28.6. The molecule has 1 saturated heterocycles. The molecule has 1 aliphatic rings. The Morgan fingerprint density at radius 1 is 1.05 bits per heavy atom. The van der Waals surface area contributed by atoms with Crippen LogP contribution in [0.4, 0.5) is 10.1 Å². The molecular weight excluding hydrogens is 587 g/mol. The Kier molecular flexibility index (Phi) is 8.90. The van der Waals surface area contributed by atoms with Gasteiger partial charge in [-0.05, 0) is 62.2 Å². The van der Waals surface area contributed by atoms with E-state index in [0.717, 1.165) is 37.3 Å². The van der Waals surface area contributed by atoms with Gasteiger partial charge in [-0.1, -0.05) is 51.5 Å². The van der Waals surface area contributed by atoms with Gasteiger partial charge in [0, 0.05) is 59.6 Å². The third kappa shape index (κ3) is 6.89. The van der Waals surface area contributed by atoms with E-state index in [1.807, 2.05) is 49.5 Å². The molecule has 1 aromatic heterocycles. The van der Waals surface area contributed by atoms with Crippen molar-refractivity contribution in [3.63, 3.8) is 0 Å². The summed E-state index contributed by atoms with van der Waals surface area (Å²) in [4.78, 5) is 29.9. The number of nitrogens with one attached hydrogen (secondary N) is 1.